The van der Waals surface area contributed by atoms with Gasteiger partial charge in [-0.2, -0.15) is 0 Å². The number of hydrogen-bond acceptors (Lipinski definition) is 1. The van der Waals surface area contributed by atoms with Gasteiger partial charge in [0.15, 0.2) is 0 Å². The summed E-state index contributed by atoms with van der Waals surface area (Å²) in [6.07, 6.45) is 18.7. The van der Waals surface area contributed by atoms with E-state index in [4.69, 9.17) is 12.8 Å². The highest BCUT2D eigenvalue weighted by molar-refractivity contribution is 6.15. The molecule has 1 aromatic carbocycles. The van der Waals surface area contributed by atoms with Gasteiger partial charge in [0.05, 0.1) is 13.5 Å². The van der Waals surface area contributed by atoms with Gasteiger partial charge >= 0.3 is 0 Å². The Hall–Kier alpha value is -2.55. The second-order valence-electron chi connectivity index (χ2n) is 8.55. The van der Waals surface area contributed by atoms with Gasteiger partial charge in [-0.25, -0.2) is 4.98 Å². The first-order chi connectivity index (χ1) is 14.6. The molecule has 2 radical (unpaired) electrons. The fraction of sp³-hybridized carbons (Fsp3) is 0.370. The van der Waals surface area contributed by atoms with E-state index in [9.17, 15) is 0 Å². The molecule has 3 rings (SSSR count). The van der Waals surface area contributed by atoms with Gasteiger partial charge in [-0.3, -0.25) is 4.57 Å². The van der Waals surface area contributed by atoms with E-state index in [2.05, 4.69) is 55.0 Å². The van der Waals surface area contributed by atoms with Gasteiger partial charge < -0.3 is 0 Å². The molecule has 0 bridgehead atoms. The molecule has 2 aromatic rings. The molecule has 0 saturated heterocycles. The minimum Gasteiger partial charge on any atom is -0.296 e. The molecule has 1 aliphatic rings. The first-order valence-electron chi connectivity index (χ1n) is 11.1. The van der Waals surface area contributed by atoms with Gasteiger partial charge in [0.1, 0.15) is 5.82 Å². The fourth-order valence-electron chi connectivity index (χ4n) is 4.27. The van der Waals surface area contributed by atoms with Crippen molar-refractivity contribution in [3.8, 4) is 11.4 Å². The van der Waals surface area contributed by atoms with E-state index in [0.717, 1.165) is 42.0 Å². The van der Waals surface area contributed by atoms with Crippen LogP contribution in [-0.2, 0) is 12.8 Å². The van der Waals surface area contributed by atoms with Crippen molar-refractivity contribution in [3.63, 3.8) is 0 Å². The molecular weight excluding hydrogens is 363 g/mol. The molecule has 1 aliphatic carbocycles. The topological polar surface area (TPSA) is 17.8 Å². The van der Waals surface area contributed by atoms with E-state index < -0.39 is 0 Å². The lowest BCUT2D eigenvalue weighted by molar-refractivity contribution is 0.503. The summed E-state index contributed by atoms with van der Waals surface area (Å²) in [6, 6.07) is 10.4. The molecule has 1 atom stereocenters. The summed E-state index contributed by atoms with van der Waals surface area (Å²) >= 11 is 0. The lowest BCUT2D eigenvalue weighted by Gasteiger charge is -2.24. The summed E-state index contributed by atoms with van der Waals surface area (Å²) in [5.41, 5.74) is 4.56. The Morgan fingerprint density at radius 1 is 1.07 bits per heavy atom. The van der Waals surface area contributed by atoms with E-state index in [1.54, 1.807) is 6.08 Å². The molecule has 2 nitrogen and oxygen atoms in total. The smallest absolute Gasteiger partial charge is 0.145 e. The predicted molar refractivity (Wildman–Crippen MR) is 131 cm³/mol. The minimum absolute atomic E-state index is 0.245. The zero-order valence-corrected chi connectivity index (χ0v) is 18.3. The quantitative estimate of drug-likeness (QED) is 0.389. The molecule has 3 heteroatoms. The van der Waals surface area contributed by atoms with Gasteiger partial charge in [0.2, 0.25) is 0 Å². The number of fused-ring (bicyclic) bond motifs is 1. The normalized spacial score (nSPS) is 21.0. The summed E-state index contributed by atoms with van der Waals surface area (Å²) in [5, 5.41) is -0.245. The molecule has 0 amide bonds. The molecule has 1 aromatic heterocycles. The van der Waals surface area contributed by atoms with E-state index >= 15 is 0 Å². The number of rotatable bonds is 5. The van der Waals surface area contributed by atoms with Crippen LogP contribution in [0.4, 0.5) is 0 Å². The van der Waals surface area contributed by atoms with E-state index in [1.807, 2.05) is 24.3 Å². The second kappa shape index (κ2) is 10.5. The van der Waals surface area contributed by atoms with Crippen molar-refractivity contribution in [2.75, 3.05) is 0 Å². The number of aromatic nitrogens is 2. The minimum atomic E-state index is -0.245. The average molecular weight is 396 g/mol. The van der Waals surface area contributed by atoms with Gasteiger partial charge in [-0.15, -0.1) is 0 Å². The van der Waals surface area contributed by atoms with Gasteiger partial charge in [0.25, 0.3) is 0 Å². The SMILES string of the molecule is [B]C1(C)CCCCCCCc2c(nc(-c3ccccc3)n2C(/C=C\C=C)=C/C=C)C1. The molecule has 1 heterocycles. The Kier molecular flexibility index (Phi) is 7.73. The van der Waals surface area contributed by atoms with Crippen LogP contribution >= 0.6 is 0 Å². The Bertz CT molecular complexity index is 916. The third-order valence-corrected chi connectivity index (χ3v) is 5.77. The summed E-state index contributed by atoms with van der Waals surface area (Å²) in [4.78, 5) is 5.18. The highest BCUT2D eigenvalue weighted by Gasteiger charge is 2.26. The van der Waals surface area contributed by atoms with Crippen LogP contribution in [0.25, 0.3) is 17.1 Å². The van der Waals surface area contributed by atoms with Crippen LogP contribution < -0.4 is 0 Å². The first-order valence-corrected chi connectivity index (χ1v) is 11.1. The lowest BCUT2D eigenvalue weighted by Crippen LogP contribution is -2.14. The lowest BCUT2D eigenvalue weighted by atomic mass is 9.64. The van der Waals surface area contributed by atoms with E-state index in [1.165, 1.54) is 37.8 Å². The molecule has 0 fully saturated rings. The highest BCUT2D eigenvalue weighted by Crippen LogP contribution is 2.37. The van der Waals surface area contributed by atoms with Gasteiger partial charge in [0, 0.05) is 17.0 Å². The Morgan fingerprint density at radius 3 is 2.53 bits per heavy atom. The maximum Gasteiger partial charge on any atom is 0.145 e. The average Bonchev–Trinajstić information content (AvgIpc) is 3.06. The molecule has 30 heavy (non-hydrogen) atoms. The molecule has 154 valence electrons. The zero-order chi connectivity index (χ0) is 21.4. The van der Waals surface area contributed by atoms with Crippen LogP contribution in [-0.4, -0.2) is 17.4 Å². The number of imidazole rings is 1. The van der Waals surface area contributed by atoms with Gasteiger partial charge in [-0.1, -0.05) is 106 Å². The van der Waals surface area contributed by atoms with Crippen LogP contribution in [0.5, 0.6) is 0 Å². The zero-order valence-electron chi connectivity index (χ0n) is 18.3. The van der Waals surface area contributed by atoms with E-state index in [0.29, 0.717) is 0 Å². The molecule has 0 spiro atoms. The van der Waals surface area contributed by atoms with Crippen molar-refractivity contribution < 1.29 is 0 Å². The maximum atomic E-state index is 6.74. The molecule has 1 unspecified atom stereocenters. The van der Waals surface area contributed by atoms with Crippen LogP contribution in [0.15, 0.2) is 73.9 Å². The van der Waals surface area contributed by atoms with Crippen molar-refractivity contribution in [2.45, 2.75) is 63.6 Å². The van der Waals surface area contributed by atoms with Crippen LogP contribution in [0, 0.1) is 0 Å². The van der Waals surface area contributed by atoms with Crippen molar-refractivity contribution in [1.29, 1.82) is 0 Å². The third kappa shape index (κ3) is 5.53. The Balaban J connectivity index is 2.22. The van der Waals surface area contributed by atoms with Crippen LogP contribution in [0.2, 0.25) is 5.31 Å². The molecule has 0 saturated carbocycles. The highest BCUT2D eigenvalue weighted by atomic mass is 15.1. The Morgan fingerprint density at radius 2 is 1.80 bits per heavy atom. The summed E-state index contributed by atoms with van der Waals surface area (Å²) < 4.78 is 2.31. The molecular formula is C27H33BN2. The standard InChI is InChI=1S/C27H33BN2/c1-4-6-18-23(15-5-2)30-25-19-13-8-7-9-14-20-27(3,28)21-24(25)29-26(30)22-16-11-10-12-17-22/h4-6,10-12,15-18H,1-2,7-9,13-14,19-21H2,3H3/b18-6-,23-15+. The summed E-state index contributed by atoms with van der Waals surface area (Å²) in [5.74, 6) is 0.968. The molecule has 0 aliphatic heterocycles. The fourth-order valence-corrected chi connectivity index (χ4v) is 4.27. The third-order valence-electron chi connectivity index (χ3n) is 5.77. The van der Waals surface area contributed by atoms with E-state index in [-0.39, 0.29) is 5.31 Å². The van der Waals surface area contributed by atoms with Crippen molar-refractivity contribution in [1.82, 2.24) is 9.55 Å². The monoisotopic (exact) mass is 396 g/mol. The Labute approximate surface area is 183 Å². The first kappa shape index (κ1) is 22.1. The number of nitrogens with zero attached hydrogens (tertiary/aromatic N) is 2. The number of allylic oxidation sites excluding steroid dienone is 6. The van der Waals surface area contributed by atoms with Crippen molar-refractivity contribution in [2.24, 2.45) is 0 Å². The van der Waals surface area contributed by atoms with Gasteiger partial charge in [-0.05, 0) is 31.4 Å². The van der Waals surface area contributed by atoms with Crippen molar-refractivity contribution in [3.05, 3.63) is 85.3 Å². The summed E-state index contributed by atoms with van der Waals surface area (Å²) in [6.45, 7) is 9.95. The number of hydrogen-bond donors (Lipinski definition) is 0. The van der Waals surface area contributed by atoms with Crippen LogP contribution in [0.3, 0.4) is 0 Å². The second-order valence-corrected chi connectivity index (χ2v) is 8.55. The van der Waals surface area contributed by atoms with Crippen molar-refractivity contribution >= 4 is 13.5 Å². The molecule has 0 N–H and O–H groups in total. The predicted octanol–water partition coefficient (Wildman–Crippen LogP) is 7.11. The summed E-state index contributed by atoms with van der Waals surface area (Å²) in [7, 11) is 6.74. The van der Waals surface area contributed by atoms with Crippen LogP contribution in [0.1, 0.15) is 56.8 Å². The number of benzene rings is 1. The maximum absolute atomic E-state index is 6.74. The largest absolute Gasteiger partial charge is 0.296 e.